The molecule has 2 aromatic rings. The summed E-state index contributed by atoms with van der Waals surface area (Å²) in [5.41, 5.74) is 1.01. The van der Waals surface area contributed by atoms with Crippen LogP contribution in [0.5, 0.6) is 11.5 Å². The maximum absolute atomic E-state index is 11.4. The minimum Gasteiger partial charge on any atom is -0.480 e. The summed E-state index contributed by atoms with van der Waals surface area (Å²) in [5.74, 6) is -1.55. The van der Waals surface area contributed by atoms with Crippen molar-refractivity contribution in [1.82, 2.24) is 0 Å². The number of nitrogens with zero attached hydrogens (tertiary/aromatic N) is 1. The van der Waals surface area contributed by atoms with Gasteiger partial charge in [-0.05, 0) is 31.2 Å². The van der Waals surface area contributed by atoms with Gasteiger partial charge < -0.3 is 19.8 Å². The van der Waals surface area contributed by atoms with Gasteiger partial charge in [-0.2, -0.15) is 0 Å². The molecule has 3 rings (SSSR count). The molecule has 0 aliphatic carbocycles. The first-order valence-electron chi connectivity index (χ1n) is 6.66. The van der Waals surface area contributed by atoms with Gasteiger partial charge in [0.1, 0.15) is 11.6 Å². The van der Waals surface area contributed by atoms with Crippen LogP contribution in [0.1, 0.15) is 17.3 Å². The molecule has 0 saturated heterocycles. The molecular formula is C16H13NO5. The molecule has 22 heavy (non-hydrogen) atoms. The predicted molar refractivity (Wildman–Crippen MR) is 79.2 cm³/mol. The number of benzene rings is 2. The molecule has 6 nitrogen and oxygen atoms in total. The van der Waals surface area contributed by atoms with Crippen LogP contribution in [-0.2, 0) is 4.79 Å². The normalized spacial score (nSPS) is 13.6. The number of hydrogen-bond donors (Lipinski definition) is 2. The van der Waals surface area contributed by atoms with Crippen LogP contribution in [0.3, 0.4) is 0 Å². The molecule has 112 valence electrons. The Kier molecular flexibility index (Phi) is 3.21. The third kappa shape index (κ3) is 2.05. The highest BCUT2D eigenvalue weighted by Crippen LogP contribution is 2.48. The first-order chi connectivity index (χ1) is 10.5. The van der Waals surface area contributed by atoms with E-state index in [1.807, 2.05) is 0 Å². The van der Waals surface area contributed by atoms with Gasteiger partial charge in [0, 0.05) is 0 Å². The summed E-state index contributed by atoms with van der Waals surface area (Å²) in [6.07, 6.45) is 0. The Labute approximate surface area is 126 Å². The number of anilines is 2. The predicted octanol–water partition coefficient (Wildman–Crippen LogP) is 3.10. The largest absolute Gasteiger partial charge is 0.480 e. The quantitative estimate of drug-likeness (QED) is 0.905. The first-order valence-corrected chi connectivity index (χ1v) is 6.66. The van der Waals surface area contributed by atoms with Gasteiger partial charge in [0.2, 0.25) is 0 Å². The average Bonchev–Trinajstić information content (AvgIpc) is 2.51. The zero-order chi connectivity index (χ0) is 15.9. The minimum atomic E-state index is -1.13. The lowest BCUT2D eigenvalue weighted by atomic mass is 10.1. The molecule has 1 aliphatic rings. The molecule has 0 amide bonds. The highest BCUT2D eigenvalue weighted by Gasteiger charge is 2.33. The van der Waals surface area contributed by atoms with E-state index >= 15 is 0 Å². The molecule has 1 aliphatic heterocycles. The fourth-order valence-electron chi connectivity index (χ4n) is 2.50. The number of ether oxygens (including phenoxy) is 1. The maximum atomic E-state index is 11.4. The van der Waals surface area contributed by atoms with Crippen molar-refractivity contribution in [2.24, 2.45) is 0 Å². The van der Waals surface area contributed by atoms with Crippen LogP contribution in [0, 0.1) is 0 Å². The number of aromatic carboxylic acids is 1. The van der Waals surface area contributed by atoms with E-state index in [4.69, 9.17) is 4.74 Å². The number of carbonyl (C=O) groups is 2. The zero-order valence-corrected chi connectivity index (χ0v) is 11.7. The zero-order valence-electron chi connectivity index (χ0n) is 11.7. The lowest BCUT2D eigenvalue weighted by Crippen LogP contribution is -2.37. The summed E-state index contributed by atoms with van der Waals surface area (Å²) in [6, 6.07) is 10.7. The van der Waals surface area contributed by atoms with Crippen molar-refractivity contribution in [1.29, 1.82) is 0 Å². The van der Waals surface area contributed by atoms with Crippen LogP contribution in [-0.4, -0.2) is 28.2 Å². The Hall–Kier alpha value is -3.02. The first kappa shape index (κ1) is 13.9. The molecule has 0 saturated carbocycles. The van der Waals surface area contributed by atoms with E-state index in [0.29, 0.717) is 17.1 Å². The van der Waals surface area contributed by atoms with Crippen molar-refractivity contribution in [3.8, 4) is 11.5 Å². The summed E-state index contributed by atoms with van der Waals surface area (Å²) in [4.78, 5) is 24.4. The number of para-hydroxylation sites is 3. The highest BCUT2D eigenvalue weighted by atomic mass is 16.5. The van der Waals surface area contributed by atoms with Crippen LogP contribution >= 0.6 is 0 Å². The fourth-order valence-corrected chi connectivity index (χ4v) is 2.50. The van der Waals surface area contributed by atoms with Crippen LogP contribution < -0.4 is 9.64 Å². The van der Waals surface area contributed by atoms with Gasteiger partial charge in [0.15, 0.2) is 11.5 Å². The second-order valence-corrected chi connectivity index (χ2v) is 4.91. The molecule has 0 bridgehead atoms. The molecular weight excluding hydrogens is 286 g/mol. The van der Waals surface area contributed by atoms with E-state index in [1.54, 1.807) is 48.2 Å². The van der Waals surface area contributed by atoms with E-state index in [0.717, 1.165) is 0 Å². The summed E-state index contributed by atoms with van der Waals surface area (Å²) >= 11 is 0. The van der Waals surface area contributed by atoms with E-state index in [9.17, 15) is 19.8 Å². The summed E-state index contributed by atoms with van der Waals surface area (Å²) < 4.78 is 5.71. The Bertz CT molecular complexity index is 771. The smallest absolute Gasteiger partial charge is 0.339 e. The van der Waals surface area contributed by atoms with Crippen LogP contribution in [0.15, 0.2) is 42.5 Å². The number of fused-ring (bicyclic) bond motifs is 2. The van der Waals surface area contributed by atoms with Gasteiger partial charge in [-0.25, -0.2) is 9.59 Å². The third-order valence-electron chi connectivity index (χ3n) is 3.57. The molecule has 0 spiro atoms. The number of carboxylic acids is 2. The average molecular weight is 299 g/mol. The molecule has 1 unspecified atom stereocenters. The highest BCUT2D eigenvalue weighted by molar-refractivity contribution is 5.97. The Morgan fingerprint density at radius 1 is 1.05 bits per heavy atom. The Morgan fingerprint density at radius 2 is 1.73 bits per heavy atom. The lowest BCUT2D eigenvalue weighted by Gasteiger charge is -2.35. The van der Waals surface area contributed by atoms with Crippen LogP contribution in [0.4, 0.5) is 11.4 Å². The van der Waals surface area contributed by atoms with Crippen molar-refractivity contribution in [3.05, 3.63) is 48.0 Å². The standard InChI is InChI=1S/C16H13NO5/c1-9(15(18)19)17-11-6-2-3-8-13(11)22-14-10(16(20)21)5-4-7-12(14)17/h2-9H,1H3,(H,18,19)(H,20,21). The lowest BCUT2D eigenvalue weighted by molar-refractivity contribution is -0.138. The summed E-state index contributed by atoms with van der Waals surface area (Å²) in [6.45, 7) is 1.54. The summed E-state index contributed by atoms with van der Waals surface area (Å²) in [5, 5.41) is 18.7. The Morgan fingerprint density at radius 3 is 2.41 bits per heavy atom. The van der Waals surface area contributed by atoms with Gasteiger partial charge in [-0.15, -0.1) is 0 Å². The van der Waals surface area contributed by atoms with Gasteiger partial charge in [-0.1, -0.05) is 18.2 Å². The van der Waals surface area contributed by atoms with Gasteiger partial charge in [0.25, 0.3) is 0 Å². The molecule has 0 aromatic heterocycles. The van der Waals surface area contributed by atoms with Crippen molar-refractivity contribution < 1.29 is 24.5 Å². The van der Waals surface area contributed by atoms with Crippen LogP contribution in [0.25, 0.3) is 0 Å². The minimum absolute atomic E-state index is 0.00501. The van der Waals surface area contributed by atoms with Crippen LogP contribution in [0.2, 0.25) is 0 Å². The number of hydrogen-bond acceptors (Lipinski definition) is 4. The molecule has 6 heteroatoms. The van der Waals surface area contributed by atoms with Crippen molar-refractivity contribution in [2.45, 2.75) is 13.0 Å². The number of carboxylic acid groups (broad SMARTS) is 2. The van der Waals surface area contributed by atoms with E-state index in [-0.39, 0.29) is 11.3 Å². The second kappa shape index (κ2) is 5.07. The maximum Gasteiger partial charge on any atom is 0.339 e. The van der Waals surface area contributed by atoms with Crippen molar-refractivity contribution >= 4 is 23.3 Å². The summed E-state index contributed by atoms with van der Waals surface area (Å²) in [7, 11) is 0. The second-order valence-electron chi connectivity index (χ2n) is 4.91. The van der Waals surface area contributed by atoms with E-state index in [1.165, 1.54) is 6.07 Å². The topological polar surface area (TPSA) is 87.1 Å². The van der Waals surface area contributed by atoms with Gasteiger partial charge >= 0.3 is 11.9 Å². The molecule has 1 heterocycles. The molecule has 1 atom stereocenters. The molecule has 2 aromatic carbocycles. The molecule has 0 radical (unpaired) electrons. The number of aliphatic carboxylic acids is 1. The Balaban J connectivity index is 2.25. The van der Waals surface area contributed by atoms with E-state index < -0.39 is 18.0 Å². The SMILES string of the molecule is CC(C(=O)O)N1c2ccccc2Oc2c(C(=O)O)cccc21. The van der Waals surface area contributed by atoms with Gasteiger partial charge in [0.05, 0.1) is 11.4 Å². The monoisotopic (exact) mass is 299 g/mol. The van der Waals surface area contributed by atoms with Crippen molar-refractivity contribution in [3.63, 3.8) is 0 Å². The third-order valence-corrected chi connectivity index (χ3v) is 3.57. The molecule has 0 fully saturated rings. The molecule has 2 N–H and O–H groups in total. The van der Waals surface area contributed by atoms with E-state index in [2.05, 4.69) is 0 Å². The van der Waals surface area contributed by atoms with Gasteiger partial charge in [-0.3, -0.25) is 0 Å². The van der Waals surface area contributed by atoms with Crippen molar-refractivity contribution in [2.75, 3.05) is 4.90 Å². The fraction of sp³-hybridized carbons (Fsp3) is 0.125. The number of rotatable bonds is 3.